The molecule has 0 saturated heterocycles. The van der Waals surface area contributed by atoms with Crippen molar-refractivity contribution in [3.05, 3.63) is 29.6 Å². The average Bonchev–Trinajstić information content (AvgIpc) is 2.28. The van der Waals surface area contributed by atoms with Crippen LogP contribution in [0.2, 0.25) is 0 Å². The fourth-order valence-corrected chi connectivity index (χ4v) is 1.43. The van der Waals surface area contributed by atoms with Crippen molar-refractivity contribution >= 4 is 5.69 Å². The van der Waals surface area contributed by atoms with Gasteiger partial charge in [-0.3, -0.25) is 0 Å². The number of hydrogen-bond donors (Lipinski definition) is 3. The van der Waals surface area contributed by atoms with Crippen LogP contribution in [0.25, 0.3) is 0 Å². The number of halogens is 1. The summed E-state index contributed by atoms with van der Waals surface area (Å²) < 4.78 is 12.9. The third-order valence-corrected chi connectivity index (χ3v) is 2.45. The summed E-state index contributed by atoms with van der Waals surface area (Å²) in [7, 11) is 0. The van der Waals surface area contributed by atoms with Crippen LogP contribution < -0.4 is 11.1 Å². The van der Waals surface area contributed by atoms with E-state index in [2.05, 4.69) is 12.2 Å². The first-order chi connectivity index (χ1) is 7.65. The quantitative estimate of drug-likeness (QED) is 0.512. The van der Waals surface area contributed by atoms with Crippen molar-refractivity contribution in [1.29, 1.82) is 0 Å². The number of aliphatic hydroxyl groups is 1. The van der Waals surface area contributed by atoms with Crippen molar-refractivity contribution in [2.24, 2.45) is 0 Å². The maximum atomic E-state index is 12.9. The van der Waals surface area contributed by atoms with E-state index < -0.39 is 11.9 Å². The van der Waals surface area contributed by atoms with Gasteiger partial charge in [0.2, 0.25) is 0 Å². The minimum absolute atomic E-state index is 0.0742. The Hall–Kier alpha value is -1.13. The maximum Gasteiger partial charge on any atom is 0.146 e. The summed E-state index contributed by atoms with van der Waals surface area (Å²) in [6.07, 6.45) is 1.56. The van der Waals surface area contributed by atoms with Crippen LogP contribution in [0.1, 0.15) is 31.4 Å². The second kappa shape index (κ2) is 6.45. The highest BCUT2D eigenvalue weighted by Gasteiger charge is 2.08. The summed E-state index contributed by atoms with van der Waals surface area (Å²) in [5, 5.41) is 12.9. The summed E-state index contributed by atoms with van der Waals surface area (Å²) in [6.45, 7) is 3.45. The molecule has 0 radical (unpaired) electrons. The molecule has 3 nitrogen and oxygen atoms in total. The molecule has 1 aromatic carbocycles. The van der Waals surface area contributed by atoms with E-state index in [1.54, 1.807) is 6.07 Å². The number of unbranched alkanes of at least 4 members (excludes halogenated alkanes) is 1. The van der Waals surface area contributed by atoms with Gasteiger partial charge >= 0.3 is 0 Å². The van der Waals surface area contributed by atoms with Gasteiger partial charge in [-0.15, -0.1) is 0 Å². The van der Waals surface area contributed by atoms with Crippen LogP contribution in [-0.4, -0.2) is 18.2 Å². The highest BCUT2D eigenvalue weighted by atomic mass is 19.1. The minimum Gasteiger partial charge on any atom is -0.396 e. The number of nitrogens with one attached hydrogen (secondary N) is 1. The van der Waals surface area contributed by atoms with Crippen LogP contribution in [0.4, 0.5) is 10.1 Å². The molecule has 0 aliphatic rings. The molecule has 0 spiro atoms. The van der Waals surface area contributed by atoms with E-state index in [-0.39, 0.29) is 5.69 Å². The molecule has 4 heteroatoms. The first-order valence-electron chi connectivity index (χ1n) is 5.59. The normalized spacial score (nSPS) is 12.7. The Balaban J connectivity index is 2.46. The second-order valence-electron chi connectivity index (χ2n) is 3.85. The molecule has 0 aliphatic carbocycles. The number of aliphatic hydroxyl groups excluding tert-OH is 1. The summed E-state index contributed by atoms with van der Waals surface area (Å²) in [5.74, 6) is -0.449. The lowest BCUT2D eigenvalue weighted by molar-refractivity contribution is 0.175. The van der Waals surface area contributed by atoms with Gasteiger partial charge in [0.25, 0.3) is 0 Å². The van der Waals surface area contributed by atoms with E-state index in [9.17, 15) is 9.50 Å². The number of nitrogens with two attached hydrogens (primary N) is 1. The van der Waals surface area contributed by atoms with Crippen LogP contribution in [0.15, 0.2) is 18.2 Å². The van der Waals surface area contributed by atoms with Crippen LogP contribution in [0.3, 0.4) is 0 Å². The summed E-state index contributed by atoms with van der Waals surface area (Å²) in [6, 6.07) is 4.30. The van der Waals surface area contributed by atoms with E-state index in [1.165, 1.54) is 12.1 Å². The molecule has 0 bridgehead atoms. The number of benzene rings is 1. The van der Waals surface area contributed by atoms with E-state index >= 15 is 0 Å². The SMILES string of the molecule is CCCCNCC(O)c1ccc(F)c(N)c1. The third-order valence-electron chi connectivity index (χ3n) is 2.45. The zero-order chi connectivity index (χ0) is 12.0. The average molecular weight is 226 g/mol. The van der Waals surface area contributed by atoms with Crippen molar-refractivity contribution < 1.29 is 9.50 Å². The zero-order valence-corrected chi connectivity index (χ0v) is 9.54. The second-order valence-corrected chi connectivity index (χ2v) is 3.85. The molecule has 0 aliphatic heterocycles. The molecule has 0 heterocycles. The standard InChI is InChI=1S/C12H19FN2O/c1-2-3-6-15-8-12(16)9-4-5-10(13)11(14)7-9/h4-5,7,12,15-16H,2-3,6,8,14H2,1H3. The predicted molar refractivity (Wildman–Crippen MR) is 63.5 cm³/mol. The van der Waals surface area contributed by atoms with Gasteiger partial charge < -0.3 is 16.2 Å². The molecule has 0 fully saturated rings. The molecule has 16 heavy (non-hydrogen) atoms. The highest BCUT2D eigenvalue weighted by molar-refractivity contribution is 5.43. The Bertz CT molecular complexity index is 331. The Kier molecular flexibility index (Phi) is 5.22. The van der Waals surface area contributed by atoms with E-state index in [0.717, 1.165) is 19.4 Å². The highest BCUT2D eigenvalue weighted by Crippen LogP contribution is 2.17. The molecule has 4 N–H and O–H groups in total. The van der Waals surface area contributed by atoms with E-state index in [1.807, 2.05) is 0 Å². The van der Waals surface area contributed by atoms with Gasteiger partial charge in [-0.05, 0) is 30.7 Å². The third kappa shape index (κ3) is 3.79. The number of nitrogen functional groups attached to an aromatic ring is 1. The van der Waals surface area contributed by atoms with Gasteiger partial charge in [-0.2, -0.15) is 0 Å². The van der Waals surface area contributed by atoms with Gasteiger partial charge in [0, 0.05) is 6.54 Å². The zero-order valence-electron chi connectivity index (χ0n) is 9.54. The minimum atomic E-state index is -0.639. The van der Waals surface area contributed by atoms with Crippen molar-refractivity contribution in [3.63, 3.8) is 0 Å². The monoisotopic (exact) mass is 226 g/mol. The molecular formula is C12H19FN2O. The van der Waals surface area contributed by atoms with Crippen molar-refractivity contribution in [3.8, 4) is 0 Å². The Morgan fingerprint density at radius 2 is 2.25 bits per heavy atom. The molecule has 1 atom stereocenters. The van der Waals surface area contributed by atoms with Gasteiger partial charge in [0.05, 0.1) is 11.8 Å². The van der Waals surface area contributed by atoms with Gasteiger partial charge in [0.15, 0.2) is 0 Å². The smallest absolute Gasteiger partial charge is 0.146 e. The van der Waals surface area contributed by atoms with Crippen molar-refractivity contribution in [1.82, 2.24) is 5.32 Å². The largest absolute Gasteiger partial charge is 0.396 e. The molecule has 90 valence electrons. The van der Waals surface area contributed by atoms with Crippen LogP contribution >= 0.6 is 0 Å². The number of anilines is 1. The summed E-state index contributed by atoms with van der Waals surface area (Å²) in [5.41, 5.74) is 6.14. The van der Waals surface area contributed by atoms with Crippen molar-refractivity contribution in [2.75, 3.05) is 18.8 Å². The van der Waals surface area contributed by atoms with Crippen LogP contribution in [0, 0.1) is 5.82 Å². The fraction of sp³-hybridized carbons (Fsp3) is 0.500. The predicted octanol–water partition coefficient (Wildman–Crippen LogP) is 1.83. The lowest BCUT2D eigenvalue weighted by Crippen LogP contribution is -2.22. The topological polar surface area (TPSA) is 58.3 Å². The Morgan fingerprint density at radius 1 is 1.50 bits per heavy atom. The molecular weight excluding hydrogens is 207 g/mol. The molecule has 1 rings (SSSR count). The molecule has 0 amide bonds. The molecule has 0 aromatic heterocycles. The molecule has 1 aromatic rings. The van der Waals surface area contributed by atoms with Crippen molar-refractivity contribution in [2.45, 2.75) is 25.9 Å². The summed E-state index contributed by atoms with van der Waals surface area (Å²) in [4.78, 5) is 0. The number of hydrogen-bond acceptors (Lipinski definition) is 3. The Morgan fingerprint density at radius 3 is 2.88 bits per heavy atom. The molecule has 1 unspecified atom stereocenters. The van der Waals surface area contributed by atoms with Crippen LogP contribution in [0.5, 0.6) is 0 Å². The number of rotatable bonds is 6. The summed E-state index contributed by atoms with van der Waals surface area (Å²) >= 11 is 0. The Labute approximate surface area is 95.5 Å². The van der Waals surface area contributed by atoms with Crippen LogP contribution in [-0.2, 0) is 0 Å². The lowest BCUT2D eigenvalue weighted by Gasteiger charge is -2.12. The maximum absolute atomic E-state index is 12.9. The van der Waals surface area contributed by atoms with Gasteiger partial charge in [-0.25, -0.2) is 4.39 Å². The first kappa shape index (κ1) is 12.9. The van der Waals surface area contributed by atoms with E-state index in [0.29, 0.717) is 12.1 Å². The van der Waals surface area contributed by atoms with Gasteiger partial charge in [-0.1, -0.05) is 19.4 Å². The molecule has 0 saturated carbocycles. The fourth-order valence-electron chi connectivity index (χ4n) is 1.43. The first-order valence-corrected chi connectivity index (χ1v) is 5.59. The van der Waals surface area contributed by atoms with E-state index in [4.69, 9.17) is 5.73 Å². The van der Waals surface area contributed by atoms with Gasteiger partial charge in [0.1, 0.15) is 5.82 Å². The lowest BCUT2D eigenvalue weighted by atomic mass is 10.1.